The van der Waals surface area contributed by atoms with Gasteiger partial charge in [-0.1, -0.05) is 6.07 Å². The average molecular weight is 281 g/mol. The fourth-order valence-electron chi connectivity index (χ4n) is 1.36. The van der Waals surface area contributed by atoms with E-state index in [4.69, 9.17) is 5.73 Å². The van der Waals surface area contributed by atoms with E-state index >= 15 is 0 Å². The summed E-state index contributed by atoms with van der Waals surface area (Å²) in [6.07, 6.45) is -5.08. The van der Waals surface area contributed by atoms with E-state index in [1.165, 1.54) is 0 Å². The van der Waals surface area contributed by atoms with Gasteiger partial charge in [-0.05, 0) is 11.6 Å². The number of carbonyl (C=O) groups is 1. The van der Waals surface area contributed by atoms with Crippen LogP contribution in [0.3, 0.4) is 0 Å². The van der Waals surface area contributed by atoms with Crippen LogP contribution in [0.15, 0.2) is 18.2 Å². The van der Waals surface area contributed by atoms with Crippen molar-refractivity contribution in [2.75, 3.05) is 7.11 Å². The lowest BCUT2D eigenvalue weighted by Crippen LogP contribution is -2.33. The second-order valence-electron chi connectivity index (χ2n) is 3.63. The van der Waals surface area contributed by atoms with Gasteiger partial charge in [-0.15, -0.1) is 13.2 Å². The molecule has 1 atom stereocenters. The van der Waals surface area contributed by atoms with Gasteiger partial charge in [0, 0.05) is 12.5 Å². The van der Waals surface area contributed by atoms with Crippen molar-refractivity contribution in [3.8, 4) is 5.75 Å². The number of hydrogen-bond donors (Lipinski definition) is 1. The molecule has 0 unspecified atom stereocenters. The molecule has 0 saturated heterocycles. The van der Waals surface area contributed by atoms with Gasteiger partial charge in [0.05, 0.1) is 7.11 Å². The highest BCUT2D eigenvalue weighted by molar-refractivity contribution is 5.75. The lowest BCUT2D eigenvalue weighted by Gasteiger charge is -2.12. The molecule has 0 saturated carbocycles. The highest BCUT2D eigenvalue weighted by atomic mass is 19.4. The normalized spacial score (nSPS) is 12.9. The standard InChI is InChI=1S/C11H11F4NO3/c1-18-10(17)9(16)4-6-2-3-7(5-8(6)12)19-11(13,14)15/h2-3,5,9H,4,16H2,1H3/t9-/m0/s1. The molecule has 0 aliphatic rings. The molecule has 2 N–H and O–H groups in total. The topological polar surface area (TPSA) is 61.5 Å². The largest absolute Gasteiger partial charge is 0.573 e. The van der Waals surface area contributed by atoms with Gasteiger partial charge in [-0.2, -0.15) is 0 Å². The summed E-state index contributed by atoms with van der Waals surface area (Å²) in [7, 11) is 1.12. The van der Waals surface area contributed by atoms with E-state index in [-0.39, 0.29) is 12.0 Å². The molecule has 106 valence electrons. The highest BCUT2D eigenvalue weighted by Crippen LogP contribution is 2.24. The molecule has 0 fully saturated rings. The summed E-state index contributed by atoms with van der Waals surface area (Å²) in [5.41, 5.74) is 5.41. The number of halogens is 4. The van der Waals surface area contributed by atoms with Crippen molar-refractivity contribution in [3.63, 3.8) is 0 Å². The molecule has 19 heavy (non-hydrogen) atoms. The fraction of sp³-hybridized carbons (Fsp3) is 0.364. The van der Waals surface area contributed by atoms with Gasteiger partial charge in [0.15, 0.2) is 0 Å². The first-order valence-corrected chi connectivity index (χ1v) is 5.10. The van der Waals surface area contributed by atoms with E-state index < -0.39 is 29.9 Å². The van der Waals surface area contributed by atoms with E-state index in [1.54, 1.807) is 0 Å². The first kappa shape index (κ1) is 15.2. The van der Waals surface area contributed by atoms with Crippen molar-refractivity contribution in [1.29, 1.82) is 0 Å². The number of ether oxygens (including phenoxy) is 2. The van der Waals surface area contributed by atoms with Crippen LogP contribution in [0.2, 0.25) is 0 Å². The molecule has 0 bridgehead atoms. The van der Waals surface area contributed by atoms with Crippen LogP contribution in [-0.4, -0.2) is 25.5 Å². The highest BCUT2D eigenvalue weighted by Gasteiger charge is 2.31. The molecule has 1 aromatic rings. The molecule has 1 rings (SSSR count). The van der Waals surface area contributed by atoms with E-state index in [9.17, 15) is 22.4 Å². The van der Waals surface area contributed by atoms with Gasteiger partial charge in [0.1, 0.15) is 17.6 Å². The van der Waals surface area contributed by atoms with E-state index in [0.29, 0.717) is 6.07 Å². The molecule has 0 aliphatic carbocycles. The maximum atomic E-state index is 13.5. The first-order chi connectivity index (χ1) is 8.73. The number of hydrogen-bond acceptors (Lipinski definition) is 4. The second kappa shape index (κ2) is 5.87. The average Bonchev–Trinajstić information content (AvgIpc) is 2.29. The Labute approximate surface area is 106 Å². The maximum Gasteiger partial charge on any atom is 0.573 e. The molecule has 0 heterocycles. The van der Waals surface area contributed by atoms with Gasteiger partial charge in [0.2, 0.25) is 0 Å². The lowest BCUT2D eigenvalue weighted by atomic mass is 10.1. The van der Waals surface area contributed by atoms with Crippen LogP contribution < -0.4 is 10.5 Å². The molecule has 4 nitrogen and oxygen atoms in total. The molecule has 0 amide bonds. The number of esters is 1. The monoisotopic (exact) mass is 281 g/mol. The second-order valence-corrected chi connectivity index (χ2v) is 3.63. The summed E-state index contributed by atoms with van der Waals surface area (Å²) in [6, 6.07) is 1.50. The van der Waals surface area contributed by atoms with Crippen molar-refractivity contribution in [1.82, 2.24) is 0 Å². The Kier molecular flexibility index (Phi) is 4.71. The van der Waals surface area contributed by atoms with Crippen LogP contribution in [0.25, 0.3) is 0 Å². The van der Waals surface area contributed by atoms with Crippen LogP contribution >= 0.6 is 0 Å². The zero-order valence-electron chi connectivity index (χ0n) is 9.83. The summed E-state index contributed by atoms with van der Waals surface area (Å²) in [4.78, 5) is 11.0. The molecule has 0 aromatic heterocycles. The Morgan fingerprint density at radius 1 is 1.42 bits per heavy atom. The Bertz CT molecular complexity index is 462. The smallest absolute Gasteiger partial charge is 0.468 e. The van der Waals surface area contributed by atoms with E-state index in [0.717, 1.165) is 19.2 Å². The third-order valence-corrected chi connectivity index (χ3v) is 2.20. The minimum Gasteiger partial charge on any atom is -0.468 e. The van der Waals surface area contributed by atoms with Crippen LogP contribution in [0.4, 0.5) is 17.6 Å². The Hall–Kier alpha value is -1.83. The summed E-state index contributed by atoms with van der Waals surface area (Å²) in [5.74, 6) is -2.36. The molecule has 0 spiro atoms. The predicted molar refractivity (Wildman–Crippen MR) is 56.8 cm³/mol. The van der Waals surface area contributed by atoms with Gasteiger partial charge in [-0.25, -0.2) is 4.39 Å². The molecule has 8 heteroatoms. The molecule has 0 aliphatic heterocycles. The van der Waals surface area contributed by atoms with Crippen molar-refractivity contribution in [2.24, 2.45) is 5.73 Å². The number of nitrogens with two attached hydrogens (primary N) is 1. The SMILES string of the molecule is COC(=O)[C@@H](N)Cc1ccc(OC(F)(F)F)cc1F. The third kappa shape index (κ3) is 4.74. The number of rotatable bonds is 4. The first-order valence-electron chi connectivity index (χ1n) is 5.10. The minimum absolute atomic E-state index is 0.00701. The van der Waals surface area contributed by atoms with Crippen molar-refractivity contribution >= 4 is 5.97 Å². The number of carbonyl (C=O) groups excluding carboxylic acids is 1. The van der Waals surface area contributed by atoms with Gasteiger partial charge < -0.3 is 15.2 Å². The predicted octanol–water partition coefficient (Wildman–Crippen LogP) is 1.77. The van der Waals surface area contributed by atoms with Crippen molar-refractivity contribution in [3.05, 3.63) is 29.6 Å². The number of methoxy groups -OCH3 is 1. The molecular formula is C11H11F4NO3. The van der Waals surface area contributed by atoms with Gasteiger partial charge in [0.25, 0.3) is 0 Å². The van der Waals surface area contributed by atoms with Gasteiger partial charge in [-0.3, -0.25) is 4.79 Å². The summed E-state index contributed by atoms with van der Waals surface area (Å²) in [6.45, 7) is 0. The minimum atomic E-state index is -4.89. The number of alkyl halides is 3. The Morgan fingerprint density at radius 2 is 2.05 bits per heavy atom. The number of benzene rings is 1. The zero-order chi connectivity index (χ0) is 14.6. The van der Waals surface area contributed by atoms with Crippen molar-refractivity contribution in [2.45, 2.75) is 18.8 Å². The van der Waals surface area contributed by atoms with Crippen LogP contribution in [0.5, 0.6) is 5.75 Å². The summed E-state index contributed by atoms with van der Waals surface area (Å²) < 4.78 is 57.1. The fourth-order valence-corrected chi connectivity index (χ4v) is 1.36. The van der Waals surface area contributed by atoms with Crippen molar-refractivity contribution < 1.29 is 31.8 Å². The lowest BCUT2D eigenvalue weighted by molar-refractivity contribution is -0.274. The summed E-state index contributed by atoms with van der Waals surface area (Å²) in [5, 5.41) is 0. The van der Waals surface area contributed by atoms with E-state index in [1.807, 2.05) is 0 Å². The summed E-state index contributed by atoms with van der Waals surface area (Å²) >= 11 is 0. The molecular weight excluding hydrogens is 270 g/mol. The van der Waals surface area contributed by atoms with Gasteiger partial charge >= 0.3 is 12.3 Å². The molecule has 0 radical (unpaired) electrons. The quantitative estimate of drug-likeness (QED) is 0.675. The third-order valence-electron chi connectivity index (χ3n) is 2.20. The van der Waals surface area contributed by atoms with E-state index in [2.05, 4.69) is 9.47 Å². The maximum absolute atomic E-state index is 13.5. The Balaban J connectivity index is 2.80. The molecule has 1 aromatic carbocycles. The van der Waals surface area contributed by atoms with Crippen LogP contribution in [-0.2, 0) is 16.0 Å². The van der Waals surface area contributed by atoms with Crippen LogP contribution in [0.1, 0.15) is 5.56 Å². The zero-order valence-corrected chi connectivity index (χ0v) is 9.83. The van der Waals surface area contributed by atoms with Crippen LogP contribution in [0, 0.1) is 5.82 Å². The Morgan fingerprint density at radius 3 is 2.53 bits per heavy atom.